The smallest absolute Gasteiger partial charge is 0.434 e. The van der Waals surface area contributed by atoms with Crippen LogP contribution in [0.5, 0.6) is 11.5 Å². The molecule has 6 heteroatoms. The molecule has 42 heavy (non-hydrogen) atoms. The van der Waals surface area contributed by atoms with Crippen LogP contribution < -0.4 is 9.47 Å². The van der Waals surface area contributed by atoms with E-state index >= 15 is 0 Å². The molecule has 0 radical (unpaired) electrons. The Labute approximate surface area is 252 Å². The van der Waals surface area contributed by atoms with E-state index in [-0.39, 0.29) is 5.41 Å². The molecule has 0 amide bonds. The molecule has 0 atom stereocenters. The van der Waals surface area contributed by atoms with Gasteiger partial charge in [0.15, 0.2) is 0 Å². The summed E-state index contributed by atoms with van der Waals surface area (Å²) in [7, 11) is 0. The van der Waals surface area contributed by atoms with Crippen LogP contribution in [0.25, 0.3) is 21.5 Å². The molecule has 0 saturated heterocycles. The van der Waals surface area contributed by atoms with Gasteiger partial charge in [-0.3, -0.25) is 0 Å². The average Bonchev–Trinajstić information content (AvgIpc) is 2.97. The van der Waals surface area contributed by atoms with Crippen LogP contribution in [0.4, 0.5) is 9.59 Å². The number of ether oxygens (including phenoxy) is 4. The van der Waals surface area contributed by atoms with Crippen molar-refractivity contribution in [2.24, 2.45) is 0 Å². The van der Waals surface area contributed by atoms with E-state index in [0.717, 1.165) is 44.1 Å². The Bertz CT molecular complexity index is 1290. The standard InChI is InChI=1S/C36H50O6/c1-6-8-10-12-14-18-24-39-34(37)41-32-28-20-16-17-21-29(28)33(31-26-27(36(3,4)5)22-23-30(31)32)42-35(38)40-25-19-15-13-11-9-7-2/h16-17,20-23,26H,6-15,18-19,24-25H2,1-5H3. The molecule has 0 aromatic heterocycles. The summed E-state index contributed by atoms with van der Waals surface area (Å²) in [6.07, 6.45) is 11.7. The second kappa shape index (κ2) is 17.0. The van der Waals surface area contributed by atoms with Gasteiger partial charge in [-0.2, -0.15) is 0 Å². The number of fused-ring (bicyclic) bond motifs is 2. The Morgan fingerprint density at radius 1 is 0.571 bits per heavy atom. The molecule has 0 aliphatic heterocycles. The molecular weight excluding hydrogens is 528 g/mol. The highest BCUT2D eigenvalue weighted by molar-refractivity contribution is 6.12. The van der Waals surface area contributed by atoms with Gasteiger partial charge in [-0.15, -0.1) is 0 Å². The molecule has 0 aliphatic rings. The summed E-state index contributed by atoms with van der Waals surface area (Å²) in [5.74, 6) is 0.786. The maximum absolute atomic E-state index is 12.9. The van der Waals surface area contributed by atoms with Crippen LogP contribution >= 0.6 is 0 Å². The number of rotatable bonds is 16. The maximum atomic E-state index is 12.9. The lowest BCUT2D eigenvalue weighted by Crippen LogP contribution is -2.15. The van der Waals surface area contributed by atoms with Crippen LogP contribution in [0.1, 0.15) is 117 Å². The van der Waals surface area contributed by atoms with E-state index in [1.807, 2.05) is 42.5 Å². The molecule has 0 spiro atoms. The zero-order chi connectivity index (χ0) is 30.4. The summed E-state index contributed by atoms with van der Waals surface area (Å²) < 4.78 is 22.7. The van der Waals surface area contributed by atoms with Gasteiger partial charge in [0.05, 0.1) is 13.2 Å². The minimum absolute atomic E-state index is 0.146. The highest BCUT2D eigenvalue weighted by atomic mass is 16.7. The predicted octanol–water partition coefficient (Wildman–Crippen LogP) is 11.0. The molecule has 3 rings (SSSR count). The van der Waals surface area contributed by atoms with Crippen molar-refractivity contribution in [1.82, 2.24) is 0 Å². The molecule has 3 aromatic rings. The van der Waals surface area contributed by atoms with Gasteiger partial charge in [-0.25, -0.2) is 9.59 Å². The lowest BCUT2D eigenvalue weighted by Gasteiger charge is -2.22. The molecule has 0 saturated carbocycles. The van der Waals surface area contributed by atoms with Crippen LogP contribution in [-0.4, -0.2) is 25.5 Å². The number of benzene rings is 3. The number of hydrogen-bond donors (Lipinski definition) is 0. The third-order valence-electron chi connectivity index (χ3n) is 7.60. The number of carbonyl (C=O) groups is 2. The fraction of sp³-hybridized carbons (Fsp3) is 0.556. The largest absolute Gasteiger partial charge is 0.513 e. The Balaban J connectivity index is 1.84. The van der Waals surface area contributed by atoms with Crippen molar-refractivity contribution in [1.29, 1.82) is 0 Å². The topological polar surface area (TPSA) is 71.1 Å². The Morgan fingerprint density at radius 3 is 1.48 bits per heavy atom. The van der Waals surface area contributed by atoms with Crippen molar-refractivity contribution in [3.8, 4) is 11.5 Å². The highest BCUT2D eigenvalue weighted by Crippen LogP contribution is 2.44. The molecule has 3 aromatic carbocycles. The number of carbonyl (C=O) groups excluding carboxylic acids is 2. The molecule has 230 valence electrons. The molecular formula is C36H50O6. The minimum Gasteiger partial charge on any atom is -0.434 e. The van der Waals surface area contributed by atoms with Gasteiger partial charge >= 0.3 is 12.3 Å². The summed E-state index contributed by atoms with van der Waals surface area (Å²) in [5, 5.41) is 2.66. The van der Waals surface area contributed by atoms with Gasteiger partial charge in [0.25, 0.3) is 0 Å². The summed E-state index contributed by atoms with van der Waals surface area (Å²) >= 11 is 0. The second-order valence-corrected chi connectivity index (χ2v) is 12.2. The number of unbranched alkanes of at least 4 members (excludes halogenated alkanes) is 10. The van der Waals surface area contributed by atoms with E-state index < -0.39 is 12.3 Å². The van der Waals surface area contributed by atoms with Gasteiger partial charge in [-0.1, -0.05) is 135 Å². The maximum Gasteiger partial charge on any atom is 0.513 e. The van der Waals surface area contributed by atoms with Gasteiger partial charge in [-0.05, 0) is 29.9 Å². The van der Waals surface area contributed by atoms with Gasteiger partial charge in [0.1, 0.15) is 11.5 Å². The van der Waals surface area contributed by atoms with E-state index in [1.165, 1.54) is 38.5 Å². The molecule has 0 bridgehead atoms. The lowest BCUT2D eigenvalue weighted by atomic mass is 9.85. The molecule has 0 unspecified atom stereocenters. The van der Waals surface area contributed by atoms with E-state index in [9.17, 15) is 9.59 Å². The van der Waals surface area contributed by atoms with Crippen LogP contribution in [0, 0.1) is 0 Å². The summed E-state index contributed by atoms with van der Waals surface area (Å²) in [5.41, 5.74) is 0.916. The number of hydrogen-bond acceptors (Lipinski definition) is 6. The second-order valence-electron chi connectivity index (χ2n) is 12.2. The monoisotopic (exact) mass is 578 g/mol. The molecule has 0 fully saturated rings. The van der Waals surface area contributed by atoms with Crippen LogP contribution in [-0.2, 0) is 14.9 Å². The van der Waals surface area contributed by atoms with E-state index in [4.69, 9.17) is 18.9 Å². The quantitative estimate of drug-likeness (QED) is 0.0728. The first-order valence-electron chi connectivity index (χ1n) is 15.9. The first-order chi connectivity index (χ1) is 20.3. The summed E-state index contributed by atoms with van der Waals surface area (Å²) in [6.45, 7) is 11.4. The zero-order valence-electron chi connectivity index (χ0n) is 26.4. The predicted molar refractivity (Wildman–Crippen MR) is 171 cm³/mol. The summed E-state index contributed by atoms with van der Waals surface area (Å²) in [4.78, 5) is 25.7. The third-order valence-corrected chi connectivity index (χ3v) is 7.60. The zero-order valence-corrected chi connectivity index (χ0v) is 26.4. The van der Waals surface area contributed by atoms with Crippen molar-refractivity contribution in [3.05, 3.63) is 48.0 Å². The van der Waals surface area contributed by atoms with Crippen LogP contribution in [0.15, 0.2) is 42.5 Å². The molecule has 6 nitrogen and oxygen atoms in total. The van der Waals surface area contributed by atoms with E-state index in [0.29, 0.717) is 46.3 Å². The SMILES string of the molecule is CCCCCCCCOC(=O)Oc1c2ccccc2c(OC(=O)OCCCCCCCC)c2cc(C(C)(C)C)ccc12. The van der Waals surface area contributed by atoms with Crippen molar-refractivity contribution in [2.45, 2.75) is 117 Å². The minimum atomic E-state index is -0.734. The first-order valence-corrected chi connectivity index (χ1v) is 15.9. The summed E-state index contributed by atoms with van der Waals surface area (Å²) in [6, 6.07) is 13.4. The van der Waals surface area contributed by atoms with Gasteiger partial charge in [0, 0.05) is 21.5 Å². The third kappa shape index (κ3) is 9.92. The van der Waals surface area contributed by atoms with Crippen molar-refractivity contribution in [3.63, 3.8) is 0 Å². The molecule has 0 aliphatic carbocycles. The van der Waals surface area contributed by atoms with E-state index in [1.54, 1.807) is 0 Å². The van der Waals surface area contributed by atoms with Gasteiger partial charge in [0.2, 0.25) is 0 Å². The van der Waals surface area contributed by atoms with Crippen LogP contribution in [0.3, 0.4) is 0 Å². The van der Waals surface area contributed by atoms with Crippen molar-refractivity contribution >= 4 is 33.9 Å². The van der Waals surface area contributed by atoms with E-state index in [2.05, 4.69) is 34.6 Å². The normalized spacial score (nSPS) is 11.5. The first kappa shape index (κ1) is 33.2. The fourth-order valence-electron chi connectivity index (χ4n) is 5.09. The fourth-order valence-corrected chi connectivity index (χ4v) is 5.09. The lowest BCUT2D eigenvalue weighted by molar-refractivity contribution is 0.0965. The molecule has 0 N–H and O–H groups in total. The highest BCUT2D eigenvalue weighted by Gasteiger charge is 2.23. The van der Waals surface area contributed by atoms with Crippen molar-refractivity contribution in [2.75, 3.05) is 13.2 Å². The average molecular weight is 579 g/mol. The van der Waals surface area contributed by atoms with Gasteiger partial charge < -0.3 is 18.9 Å². The van der Waals surface area contributed by atoms with Crippen LogP contribution in [0.2, 0.25) is 0 Å². The van der Waals surface area contributed by atoms with Crippen molar-refractivity contribution < 1.29 is 28.5 Å². The Kier molecular flexibility index (Phi) is 13.4. The molecule has 0 heterocycles. The Morgan fingerprint density at radius 2 is 1.00 bits per heavy atom. The Hall–Kier alpha value is -3.28.